The Balaban J connectivity index is 2.09. The van der Waals surface area contributed by atoms with Crippen molar-refractivity contribution < 1.29 is 5.11 Å². The maximum absolute atomic E-state index is 9.83. The number of aromatic hydroxyl groups is 1. The molecule has 0 bridgehead atoms. The van der Waals surface area contributed by atoms with Crippen molar-refractivity contribution >= 4 is 0 Å². The molecule has 2 rings (SSSR count). The molecule has 0 heterocycles. The smallest absolute Gasteiger partial charge is 0.118 e. The van der Waals surface area contributed by atoms with E-state index in [0.717, 1.165) is 18.4 Å². The average molecular weight is 253 g/mol. The second-order valence-corrected chi connectivity index (χ2v) is 5.21. The fraction of sp³-hybridized carbons (Fsp3) is 0.278. The van der Waals surface area contributed by atoms with Gasteiger partial charge in [0.1, 0.15) is 5.75 Å². The molecule has 0 aromatic heterocycles. The van der Waals surface area contributed by atoms with E-state index < -0.39 is 0 Å². The largest absolute Gasteiger partial charge is 0.508 e. The molecule has 19 heavy (non-hydrogen) atoms. The summed E-state index contributed by atoms with van der Waals surface area (Å²) in [7, 11) is 0. The first kappa shape index (κ1) is 13.7. The van der Waals surface area contributed by atoms with Crippen LogP contribution in [-0.2, 0) is 6.42 Å². The Morgan fingerprint density at radius 1 is 0.947 bits per heavy atom. The minimum Gasteiger partial charge on any atom is -0.508 e. The third kappa shape index (κ3) is 3.60. The summed E-state index contributed by atoms with van der Waals surface area (Å²) in [6, 6.07) is 18.2. The SMILES string of the molecule is C[C](C)C(CCc1ccccc1O)c1ccccc1. The molecule has 0 amide bonds. The summed E-state index contributed by atoms with van der Waals surface area (Å²) in [5.41, 5.74) is 2.39. The Bertz CT molecular complexity index is 502. The molecule has 0 fully saturated rings. The number of hydrogen-bond acceptors (Lipinski definition) is 1. The minimum absolute atomic E-state index is 0.406. The van der Waals surface area contributed by atoms with Gasteiger partial charge in [0.25, 0.3) is 0 Å². The number of para-hydroxylation sites is 1. The van der Waals surface area contributed by atoms with E-state index in [2.05, 4.69) is 44.2 Å². The lowest BCUT2D eigenvalue weighted by molar-refractivity contribution is 0.465. The molecule has 0 aliphatic rings. The number of rotatable bonds is 5. The van der Waals surface area contributed by atoms with Gasteiger partial charge in [0.2, 0.25) is 0 Å². The van der Waals surface area contributed by atoms with Gasteiger partial charge >= 0.3 is 0 Å². The van der Waals surface area contributed by atoms with E-state index >= 15 is 0 Å². The molecule has 0 aliphatic carbocycles. The highest BCUT2D eigenvalue weighted by molar-refractivity contribution is 5.33. The van der Waals surface area contributed by atoms with Crippen molar-refractivity contribution in [1.29, 1.82) is 0 Å². The molecule has 1 unspecified atom stereocenters. The van der Waals surface area contributed by atoms with E-state index in [-0.39, 0.29) is 0 Å². The number of aryl methyl sites for hydroxylation is 1. The van der Waals surface area contributed by atoms with Crippen LogP contribution < -0.4 is 0 Å². The van der Waals surface area contributed by atoms with Crippen LogP contribution in [0.4, 0.5) is 0 Å². The fourth-order valence-corrected chi connectivity index (χ4v) is 2.50. The molecule has 0 spiro atoms. The van der Waals surface area contributed by atoms with Gasteiger partial charge in [-0.25, -0.2) is 0 Å². The maximum atomic E-state index is 9.83. The standard InChI is InChI=1S/C18H21O/c1-14(2)17(15-8-4-3-5-9-15)13-12-16-10-6-7-11-18(16)19/h3-11,17,19H,12-13H2,1-2H3. The van der Waals surface area contributed by atoms with Crippen LogP contribution in [0.5, 0.6) is 5.75 Å². The summed E-state index contributed by atoms with van der Waals surface area (Å²) in [6.07, 6.45) is 1.93. The number of phenolic OH excluding ortho intramolecular Hbond substituents is 1. The Labute approximate surface area is 115 Å². The van der Waals surface area contributed by atoms with Gasteiger partial charge in [0, 0.05) is 0 Å². The molecule has 1 atom stereocenters. The summed E-state index contributed by atoms with van der Waals surface area (Å²) in [5.74, 6) is 2.28. The molecule has 0 saturated carbocycles. The molecule has 1 radical (unpaired) electrons. The van der Waals surface area contributed by atoms with Gasteiger partial charge in [0.05, 0.1) is 0 Å². The first-order valence-electron chi connectivity index (χ1n) is 6.80. The second kappa shape index (κ2) is 6.42. The molecule has 1 nitrogen and oxygen atoms in total. The van der Waals surface area contributed by atoms with Crippen LogP contribution >= 0.6 is 0 Å². The Hall–Kier alpha value is -1.76. The molecule has 99 valence electrons. The quantitative estimate of drug-likeness (QED) is 0.817. The van der Waals surface area contributed by atoms with Crippen molar-refractivity contribution in [2.24, 2.45) is 0 Å². The van der Waals surface area contributed by atoms with Gasteiger partial charge in [-0.3, -0.25) is 0 Å². The van der Waals surface area contributed by atoms with Gasteiger partial charge in [0.15, 0.2) is 0 Å². The molecule has 2 aromatic rings. The molecule has 0 aliphatic heterocycles. The van der Waals surface area contributed by atoms with Gasteiger partial charge in [-0.15, -0.1) is 0 Å². The van der Waals surface area contributed by atoms with Crippen LogP contribution in [0.15, 0.2) is 54.6 Å². The monoisotopic (exact) mass is 253 g/mol. The van der Waals surface area contributed by atoms with Crippen LogP contribution in [0, 0.1) is 5.92 Å². The van der Waals surface area contributed by atoms with E-state index in [1.165, 1.54) is 11.5 Å². The topological polar surface area (TPSA) is 20.2 Å². The van der Waals surface area contributed by atoms with Gasteiger partial charge in [-0.05, 0) is 41.9 Å². The highest BCUT2D eigenvalue weighted by atomic mass is 16.3. The predicted octanol–water partition coefficient (Wildman–Crippen LogP) is 4.72. The molecule has 0 saturated heterocycles. The molecule has 1 N–H and O–H groups in total. The summed E-state index contributed by atoms with van der Waals surface area (Å²) in [5, 5.41) is 9.83. The zero-order valence-electron chi connectivity index (χ0n) is 11.6. The van der Waals surface area contributed by atoms with E-state index in [4.69, 9.17) is 0 Å². The highest BCUT2D eigenvalue weighted by Gasteiger charge is 2.16. The first-order valence-corrected chi connectivity index (χ1v) is 6.80. The van der Waals surface area contributed by atoms with Crippen LogP contribution in [0.1, 0.15) is 37.3 Å². The van der Waals surface area contributed by atoms with Crippen molar-refractivity contribution in [3.63, 3.8) is 0 Å². The van der Waals surface area contributed by atoms with Crippen molar-refractivity contribution in [3.8, 4) is 5.75 Å². The molecule has 2 aromatic carbocycles. The normalized spacial score (nSPS) is 12.6. The molecular weight excluding hydrogens is 232 g/mol. The summed E-state index contributed by atoms with van der Waals surface area (Å²) >= 11 is 0. The van der Waals surface area contributed by atoms with Crippen molar-refractivity contribution in [2.75, 3.05) is 0 Å². The summed E-state index contributed by atoms with van der Waals surface area (Å²) in [6.45, 7) is 4.37. The molecular formula is C18H21O. The Kier molecular flexibility index (Phi) is 4.62. The summed E-state index contributed by atoms with van der Waals surface area (Å²) < 4.78 is 0. The Morgan fingerprint density at radius 2 is 1.58 bits per heavy atom. The molecule has 1 heteroatoms. The number of benzene rings is 2. The first-order chi connectivity index (χ1) is 9.18. The van der Waals surface area contributed by atoms with Crippen molar-refractivity contribution in [3.05, 3.63) is 71.6 Å². The van der Waals surface area contributed by atoms with E-state index in [1.807, 2.05) is 18.2 Å². The predicted molar refractivity (Wildman–Crippen MR) is 80.2 cm³/mol. The van der Waals surface area contributed by atoms with E-state index in [0.29, 0.717) is 11.7 Å². The lowest BCUT2D eigenvalue weighted by Crippen LogP contribution is -2.06. The lowest BCUT2D eigenvalue weighted by Gasteiger charge is -2.21. The average Bonchev–Trinajstić information content (AvgIpc) is 2.42. The van der Waals surface area contributed by atoms with Gasteiger partial charge in [-0.2, -0.15) is 0 Å². The second-order valence-electron chi connectivity index (χ2n) is 5.21. The van der Waals surface area contributed by atoms with Gasteiger partial charge < -0.3 is 5.11 Å². The Morgan fingerprint density at radius 3 is 2.21 bits per heavy atom. The zero-order valence-corrected chi connectivity index (χ0v) is 11.6. The van der Waals surface area contributed by atoms with Gasteiger partial charge in [-0.1, -0.05) is 62.4 Å². The van der Waals surface area contributed by atoms with E-state index in [9.17, 15) is 5.11 Å². The zero-order chi connectivity index (χ0) is 13.7. The van der Waals surface area contributed by atoms with Crippen molar-refractivity contribution in [1.82, 2.24) is 0 Å². The van der Waals surface area contributed by atoms with E-state index in [1.54, 1.807) is 6.07 Å². The van der Waals surface area contributed by atoms with Crippen LogP contribution in [0.2, 0.25) is 0 Å². The van der Waals surface area contributed by atoms with Crippen LogP contribution in [0.25, 0.3) is 0 Å². The van der Waals surface area contributed by atoms with Crippen molar-refractivity contribution in [2.45, 2.75) is 32.6 Å². The number of phenols is 1. The highest BCUT2D eigenvalue weighted by Crippen LogP contribution is 2.31. The number of hydrogen-bond donors (Lipinski definition) is 1. The fourth-order valence-electron chi connectivity index (χ4n) is 2.50. The summed E-state index contributed by atoms with van der Waals surface area (Å²) in [4.78, 5) is 0. The third-order valence-corrected chi connectivity index (χ3v) is 3.59. The third-order valence-electron chi connectivity index (χ3n) is 3.59. The lowest BCUT2D eigenvalue weighted by atomic mass is 9.84. The van der Waals surface area contributed by atoms with Crippen LogP contribution in [-0.4, -0.2) is 5.11 Å². The van der Waals surface area contributed by atoms with Crippen LogP contribution in [0.3, 0.4) is 0 Å². The minimum atomic E-state index is 0.406. The maximum Gasteiger partial charge on any atom is 0.118 e.